The van der Waals surface area contributed by atoms with Crippen LogP contribution in [0.1, 0.15) is 48.4 Å². The average Bonchev–Trinajstić information content (AvgIpc) is 2.97. The molecule has 0 radical (unpaired) electrons. The van der Waals surface area contributed by atoms with Crippen LogP contribution in [-0.4, -0.2) is 20.7 Å². The predicted octanol–water partition coefficient (Wildman–Crippen LogP) is 3.05. The van der Waals surface area contributed by atoms with Gasteiger partial charge in [0.25, 0.3) is 0 Å². The Morgan fingerprint density at radius 2 is 2.29 bits per heavy atom. The van der Waals surface area contributed by atoms with E-state index in [2.05, 4.69) is 33.8 Å². The molecule has 2 aromatic heterocycles. The number of hydrogen-bond acceptors (Lipinski definition) is 4. The molecule has 0 saturated heterocycles. The minimum absolute atomic E-state index is 0.0543. The molecule has 2 aromatic rings. The van der Waals surface area contributed by atoms with Crippen molar-refractivity contribution >= 4 is 23.2 Å². The van der Waals surface area contributed by atoms with Crippen LogP contribution >= 0.6 is 11.3 Å². The van der Waals surface area contributed by atoms with Gasteiger partial charge in [-0.05, 0) is 30.4 Å². The maximum absolute atomic E-state index is 12.3. The molecule has 3 rings (SSSR count). The number of anilines is 1. The van der Waals surface area contributed by atoms with E-state index in [-0.39, 0.29) is 17.7 Å². The summed E-state index contributed by atoms with van der Waals surface area (Å²) in [5.41, 5.74) is 1.29. The molecule has 1 amide bonds. The van der Waals surface area contributed by atoms with Crippen molar-refractivity contribution in [3.8, 4) is 0 Å². The number of aryl methyl sites for hydroxylation is 2. The highest BCUT2D eigenvalue weighted by atomic mass is 32.1. The number of hydrogen-bond donors (Lipinski definition) is 1. The first kappa shape index (κ1) is 14.3. The van der Waals surface area contributed by atoms with E-state index in [0.717, 1.165) is 12.2 Å². The number of nitrogens with one attached hydrogen (secondary N) is 1. The van der Waals surface area contributed by atoms with Crippen molar-refractivity contribution in [3.05, 3.63) is 27.7 Å². The van der Waals surface area contributed by atoms with Gasteiger partial charge < -0.3 is 0 Å². The molecule has 6 heteroatoms. The Hall–Kier alpha value is -1.69. The van der Waals surface area contributed by atoms with Crippen LogP contribution < -0.4 is 5.32 Å². The van der Waals surface area contributed by atoms with E-state index in [4.69, 9.17) is 0 Å². The van der Waals surface area contributed by atoms with Gasteiger partial charge in [0.15, 0.2) is 5.82 Å². The highest BCUT2D eigenvalue weighted by molar-refractivity contribution is 7.10. The molecular formula is C15H20N4OS. The molecule has 0 spiro atoms. The van der Waals surface area contributed by atoms with Gasteiger partial charge in [0, 0.05) is 29.7 Å². The summed E-state index contributed by atoms with van der Waals surface area (Å²) < 4.78 is 1.64. The van der Waals surface area contributed by atoms with Gasteiger partial charge in [-0.25, -0.2) is 4.68 Å². The Morgan fingerprint density at radius 3 is 2.86 bits per heavy atom. The smallest absolute Gasteiger partial charge is 0.230 e. The summed E-state index contributed by atoms with van der Waals surface area (Å²) in [5.74, 6) is 2.05. The lowest BCUT2D eigenvalue weighted by atomic mass is 10.2. The fraction of sp³-hybridized carbons (Fsp3) is 0.533. The standard InChI is InChI=1S/C15H20N4OS/c1-8(2)13-16-15(19(4)18-13)17-14(20)11-7-10(11)12-9(3)5-6-21-12/h5-6,8,10-11H,7H2,1-4H3,(H,16,17,18,20)/t10-,11+/m0/s1. The molecule has 21 heavy (non-hydrogen) atoms. The lowest BCUT2D eigenvalue weighted by Crippen LogP contribution is -2.17. The summed E-state index contributed by atoms with van der Waals surface area (Å²) in [5, 5.41) is 9.33. The first-order valence-corrected chi connectivity index (χ1v) is 8.11. The molecule has 0 aromatic carbocycles. The van der Waals surface area contributed by atoms with E-state index >= 15 is 0 Å². The number of aromatic nitrogens is 3. The number of amides is 1. The van der Waals surface area contributed by atoms with Gasteiger partial charge in [-0.2, -0.15) is 10.1 Å². The fourth-order valence-electron chi connectivity index (χ4n) is 2.50. The molecule has 1 N–H and O–H groups in total. The van der Waals surface area contributed by atoms with Crippen molar-refractivity contribution in [2.24, 2.45) is 13.0 Å². The van der Waals surface area contributed by atoms with Crippen LogP contribution in [-0.2, 0) is 11.8 Å². The molecule has 1 aliphatic carbocycles. The van der Waals surface area contributed by atoms with E-state index in [1.807, 2.05) is 20.9 Å². The lowest BCUT2D eigenvalue weighted by Gasteiger charge is -2.03. The third-order valence-corrected chi connectivity index (χ3v) is 5.05. The number of rotatable bonds is 4. The van der Waals surface area contributed by atoms with Crippen LogP contribution in [0, 0.1) is 12.8 Å². The molecule has 0 unspecified atom stereocenters. The number of carbonyl (C=O) groups excluding carboxylic acids is 1. The second-order valence-corrected chi connectivity index (χ2v) is 6.93. The van der Waals surface area contributed by atoms with Crippen LogP contribution in [0.25, 0.3) is 0 Å². The molecule has 1 fully saturated rings. The van der Waals surface area contributed by atoms with E-state index in [1.54, 1.807) is 16.0 Å². The molecule has 112 valence electrons. The quantitative estimate of drug-likeness (QED) is 0.944. The van der Waals surface area contributed by atoms with Gasteiger partial charge in [0.2, 0.25) is 11.9 Å². The van der Waals surface area contributed by atoms with E-state index in [9.17, 15) is 4.79 Å². The van der Waals surface area contributed by atoms with Crippen molar-refractivity contribution in [2.75, 3.05) is 5.32 Å². The van der Waals surface area contributed by atoms with Gasteiger partial charge in [0.05, 0.1) is 0 Å². The normalized spacial score (nSPS) is 20.8. The van der Waals surface area contributed by atoms with Gasteiger partial charge >= 0.3 is 0 Å². The average molecular weight is 304 g/mol. The molecule has 1 saturated carbocycles. The van der Waals surface area contributed by atoms with Crippen molar-refractivity contribution in [2.45, 2.75) is 39.0 Å². The van der Waals surface area contributed by atoms with Gasteiger partial charge in [-0.1, -0.05) is 13.8 Å². The van der Waals surface area contributed by atoms with Gasteiger partial charge in [0.1, 0.15) is 0 Å². The SMILES string of the molecule is Cc1ccsc1[C@H]1C[C@H]1C(=O)Nc1nc(C(C)C)nn1C. The number of carbonyl (C=O) groups is 1. The highest BCUT2D eigenvalue weighted by Gasteiger charge is 2.45. The monoisotopic (exact) mass is 304 g/mol. The number of nitrogens with zero attached hydrogens (tertiary/aromatic N) is 3. The minimum Gasteiger partial charge on any atom is -0.294 e. The third kappa shape index (κ3) is 2.72. The molecular weight excluding hydrogens is 284 g/mol. The van der Waals surface area contributed by atoms with Crippen LogP contribution in [0.4, 0.5) is 5.95 Å². The Morgan fingerprint density at radius 1 is 1.52 bits per heavy atom. The predicted molar refractivity (Wildman–Crippen MR) is 83.6 cm³/mol. The second-order valence-electron chi connectivity index (χ2n) is 5.98. The van der Waals surface area contributed by atoms with E-state index in [0.29, 0.717) is 11.9 Å². The van der Waals surface area contributed by atoms with Crippen molar-refractivity contribution in [1.82, 2.24) is 14.8 Å². The zero-order chi connectivity index (χ0) is 15.1. The lowest BCUT2D eigenvalue weighted by molar-refractivity contribution is -0.117. The molecule has 2 heterocycles. The first-order chi connectivity index (χ1) is 9.97. The third-order valence-electron chi connectivity index (χ3n) is 3.90. The summed E-state index contributed by atoms with van der Waals surface area (Å²) >= 11 is 1.75. The summed E-state index contributed by atoms with van der Waals surface area (Å²) in [6.45, 7) is 6.19. The molecule has 5 nitrogen and oxygen atoms in total. The summed E-state index contributed by atoms with van der Waals surface area (Å²) in [6, 6.07) is 2.12. The molecule has 1 aliphatic rings. The van der Waals surface area contributed by atoms with Crippen LogP contribution in [0.2, 0.25) is 0 Å². The Kier molecular flexibility index (Phi) is 3.57. The Labute approximate surface area is 128 Å². The Balaban J connectivity index is 1.67. The van der Waals surface area contributed by atoms with Crippen molar-refractivity contribution in [3.63, 3.8) is 0 Å². The molecule has 2 atom stereocenters. The summed E-state index contributed by atoms with van der Waals surface area (Å²) in [6.07, 6.45) is 0.933. The van der Waals surface area contributed by atoms with Crippen molar-refractivity contribution < 1.29 is 4.79 Å². The molecule has 0 aliphatic heterocycles. The van der Waals surface area contributed by atoms with Crippen molar-refractivity contribution in [1.29, 1.82) is 0 Å². The summed E-state index contributed by atoms with van der Waals surface area (Å²) in [4.78, 5) is 18.1. The maximum atomic E-state index is 12.3. The first-order valence-electron chi connectivity index (χ1n) is 7.23. The van der Waals surface area contributed by atoms with E-state index in [1.165, 1.54) is 10.4 Å². The second kappa shape index (κ2) is 5.26. The maximum Gasteiger partial charge on any atom is 0.230 e. The van der Waals surface area contributed by atoms with Crippen LogP contribution in [0.15, 0.2) is 11.4 Å². The fourth-order valence-corrected chi connectivity index (χ4v) is 3.61. The van der Waals surface area contributed by atoms with Gasteiger partial charge in [-0.15, -0.1) is 11.3 Å². The zero-order valence-electron chi connectivity index (χ0n) is 12.8. The topological polar surface area (TPSA) is 59.8 Å². The number of thiophene rings is 1. The zero-order valence-corrected chi connectivity index (χ0v) is 13.6. The largest absolute Gasteiger partial charge is 0.294 e. The van der Waals surface area contributed by atoms with Crippen LogP contribution in [0.3, 0.4) is 0 Å². The molecule has 0 bridgehead atoms. The summed E-state index contributed by atoms with van der Waals surface area (Å²) in [7, 11) is 1.81. The van der Waals surface area contributed by atoms with E-state index < -0.39 is 0 Å². The minimum atomic E-state index is 0.0543. The Bertz CT molecular complexity index is 673. The van der Waals surface area contributed by atoms with Gasteiger partial charge in [-0.3, -0.25) is 10.1 Å². The van der Waals surface area contributed by atoms with Crippen LogP contribution in [0.5, 0.6) is 0 Å². The highest BCUT2D eigenvalue weighted by Crippen LogP contribution is 2.50.